The van der Waals surface area contributed by atoms with Crippen molar-refractivity contribution in [2.24, 2.45) is 0 Å². The van der Waals surface area contributed by atoms with Gasteiger partial charge in [-0.15, -0.1) is 0 Å². The zero-order chi connectivity index (χ0) is 19.2. The van der Waals surface area contributed by atoms with Gasteiger partial charge in [-0.25, -0.2) is 4.39 Å². The standard InChI is InChI=1S/C21H19FN2O3/c1-15(25)23-20-12-17(9-10-19(20)22)21(26)24(14-18-8-5-11-27-18)13-16-6-3-2-4-7-16/h2-12H,13-14H2,1H3,(H,23,25). The molecule has 0 aliphatic heterocycles. The highest BCUT2D eigenvalue weighted by molar-refractivity contribution is 5.96. The number of hydrogen-bond donors (Lipinski definition) is 1. The Morgan fingerprint density at radius 1 is 1.04 bits per heavy atom. The summed E-state index contributed by atoms with van der Waals surface area (Å²) in [7, 11) is 0. The summed E-state index contributed by atoms with van der Waals surface area (Å²) in [6.45, 7) is 1.92. The number of nitrogens with zero attached hydrogens (tertiary/aromatic N) is 1. The topological polar surface area (TPSA) is 62.6 Å². The molecule has 3 rings (SSSR count). The Labute approximate surface area is 156 Å². The molecule has 1 aromatic heterocycles. The summed E-state index contributed by atoms with van der Waals surface area (Å²) in [5.74, 6) is -0.650. The molecule has 0 unspecified atom stereocenters. The summed E-state index contributed by atoms with van der Waals surface area (Å²) in [4.78, 5) is 25.9. The normalized spacial score (nSPS) is 10.4. The summed E-state index contributed by atoms with van der Waals surface area (Å²) in [5, 5.41) is 2.40. The van der Waals surface area contributed by atoms with Crippen LogP contribution in [0, 0.1) is 5.82 Å². The molecule has 1 heterocycles. The lowest BCUT2D eigenvalue weighted by molar-refractivity contribution is -0.114. The fourth-order valence-electron chi connectivity index (χ4n) is 2.72. The van der Waals surface area contributed by atoms with Crippen LogP contribution in [0.25, 0.3) is 0 Å². The van der Waals surface area contributed by atoms with E-state index in [1.165, 1.54) is 25.1 Å². The molecular formula is C21H19FN2O3. The maximum atomic E-state index is 13.9. The van der Waals surface area contributed by atoms with Crippen LogP contribution in [0.2, 0.25) is 0 Å². The quantitative estimate of drug-likeness (QED) is 0.710. The third-order valence-electron chi connectivity index (χ3n) is 3.95. The number of anilines is 1. The number of rotatable bonds is 6. The van der Waals surface area contributed by atoms with E-state index in [2.05, 4.69) is 5.32 Å². The summed E-state index contributed by atoms with van der Waals surface area (Å²) >= 11 is 0. The highest BCUT2D eigenvalue weighted by atomic mass is 19.1. The second-order valence-electron chi connectivity index (χ2n) is 6.10. The lowest BCUT2D eigenvalue weighted by Gasteiger charge is -2.22. The van der Waals surface area contributed by atoms with Gasteiger partial charge >= 0.3 is 0 Å². The molecule has 0 aliphatic rings. The molecule has 0 saturated heterocycles. The van der Waals surface area contributed by atoms with E-state index in [9.17, 15) is 14.0 Å². The molecule has 0 bridgehead atoms. The van der Waals surface area contributed by atoms with Gasteiger partial charge in [0, 0.05) is 19.0 Å². The average Bonchev–Trinajstić information content (AvgIpc) is 3.16. The zero-order valence-electron chi connectivity index (χ0n) is 14.8. The lowest BCUT2D eigenvalue weighted by Crippen LogP contribution is -2.30. The van der Waals surface area contributed by atoms with Crippen molar-refractivity contribution in [1.29, 1.82) is 0 Å². The van der Waals surface area contributed by atoms with E-state index < -0.39 is 11.7 Å². The van der Waals surface area contributed by atoms with Crippen LogP contribution in [-0.4, -0.2) is 16.7 Å². The van der Waals surface area contributed by atoms with Crippen molar-refractivity contribution in [2.75, 3.05) is 5.32 Å². The van der Waals surface area contributed by atoms with Crippen LogP contribution >= 0.6 is 0 Å². The number of benzene rings is 2. The van der Waals surface area contributed by atoms with Gasteiger partial charge in [-0.2, -0.15) is 0 Å². The van der Waals surface area contributed by atoms with Crippen molar-refractivity contribution in [1.82, 2.24) is 4.90 Å². The van der Waals surface area contributed by atoms with Crippen LogP contribution in [0.15, 0.2) is 71.3 Å². The predicted molar refractivity (Wildman–Crippen MR) is 99.4 cm³/mol. The van der Waals surface area contributed by atoms with E-state index in [4.69, 9.17) is 4.42 Å². The molecule has 0 aliphatic carbocycles. The SMILES string of the molecule is CC(=O)Nc1cc(C(=O)N(Cc2ccccc2)Cc2ccco2)ccc1F. The van der Waals surface area contributed by atoms with E-state index in [0.717, 1.165) is 5.56 Å². The molecule has 138 valence electrons. The minimum Gasteiger partial charge on any atom is -0.467 e. The molecule has 0 radical (unpaired) electrons. The van der Waals surface area contributed by atoms with Crippen molar-refractivity contribution in [3.63, 3.8) is 0 Å². The Morgan fingerprint density at radius 3 is 2.48 bits per heavy atom. The van der Waals surface area contributed by atoms with Crippen LogP contribution < -0.4 is 5.32 Å². The molecule has 27 heavy (non-hydrogen) atoms. The number of furan rings is 1. The average molecular weight is 366 g/mol. The third kappa shape index (κ3) is 4.82. The zero-order valence-corrected chi connectivity index (χ0v) is 14.8. The first-order valence-corrected chi connectivity index (χ1v) is 8.45. The molecule has 3 aromatic rings. The van der Waals surface area contributed by atoms with Gasteiger partial charge in [0.05, 0.1) is 18.5 Å². The van der Waals surface area contributed by atoms with Gasteiger partial charge in [-0.3, -0.25) is 9.59 Å². The predicted octanol–water partition coefficient (Wildman–Crippen LogP) is 4.22. The number of halogens is 1. The minimum absolute atomic E-state index is 0.0222. The van der Waals surface area contributed by atoms with E-state index in [-0.39, 0.29) is 23.7 Å². The van der Waals surface area contributed by atoms with Crippen molar-refractivity contribution < 1.29 is 18.4 Å². The molecule has 0 atom stereocenters. The number of hydrogen-bond acceptors (Lipinski definition) is 3. The van der Waals surface area contributed by atoms with Crippen LogP contribution in [0.4, 0.5) is 10.1 Å². The van der Waals surface area contributed by atoms with Gasteiger partial charge in [-0.1, -0.05) is 30.3 Å². The van der Waals surface area contributed by atoms with Crippen molar-refractivity contribution in [2.45, 2.75) is 20.0 Å². The Kier molecular flexibility index (Phi) is 5.66. The summed E-state index contributed by atoms with van der Waals surface area (Å²) in [5.41, 5.74) is 1.22. The van der Waals surface area contributed by atoms with Crippen LogP contribution in [0.5, 0.6) is 0 Å². The molecule has 2 amide bonds. The molecule has 0 saturated carbocycles. The van der Waals surface area contributed by atoms with Gasteiger partial charge < -0.3 is 14.6 Å². The number of nitrogens with one attached hydrogen (secondary N) is 1. The van der Waals surface area contributed by atoms with E-state index in [0.29, 0.717) is 12.3 Å². The molecule has 5 nitrogen and oxygen atoms in total. The number of amides is 2. The van der Waals surface area contributed by atoms with Crippen molar-refractivity contribution in [3.05, 3.63) is 89.6 Å². The number of carbonyl (C=O) groups excluding carboxylic acids is 2. The van der Waals surface area contributed by atoms with Crippen LogP contribution in [-0.2, 0) is 17.9 Å². The lowest BCUT2D eigenvalue weighted by atomic mass is 10.1. The highest BCUT2D eigenvalue weighted by Crippen LogP contribution is 2.20. The van der Waals surface area contributed by atoms with Crippen molar-refractivity contribution in [3.8, 4) is 0 Å². The molecule has 0 spiro atoms. The fourth-order valence-corrected chi connectivity index (χ4v) is 2.72. The van der Waals surface area contributed by atoms with E-state index in [1.54, 1.807) is 23.3 Å². The summed E-state index contributed by atoms with van der Waals surface area (Å²) < 4.78 is 19.3. The molecule has 2 aromatic carbocycles. The van der Waals surface area contributed by atoms with Gasteiger partial charge in [-0.05, 0) is 35.9 Å². The number of carbonyl (C=O) groups is 2. The summed E-state index contributed by atoms with van der Waals surface area (Å²) in [6, 6.07) is 17.0. The van der Waals surface area contributed by atoms with Gasteiger partial charge in [0.2, 0.25) is 5.91 Å². The second-order valence-corrected chi connectivity index (χ2v) is 6.10. The van der Waals surface area contributed by atoms with E-state index >= 15 is 0 Å². The molecule has 1 N–H and O–H groups in total. The van der Waals surface area contributed by atoms with Gasteiger partial charge in [0.25, 0.3) is 5.91 Å². The Balaban J connectivity index is 1.88. The Morgan fingerprint density at radius 2 is 1.81 bits per heavy atom. The Bertz CT molecular complexity index is 924. The van der Waals surface area contributed by atoms with Crippen LogP contribution in [0.3, 0.4) is 0 Å². The fraction of sp³-hybridized carbons (Fsp3) is 0.143. The largest absolute Gasteiger partial charge is 0.467 e. The second kappa shape index (κ2) is 8.31. The minimum atomic E-state index is -0.595. The first-order valence-electron chi connectivity index (χ1n) is 8.45. The molecule has 6 heteroatoms. The monoisotopic (exact) mass is 366 g/mol. The third-order valence-corrected chi connectivity index (χ3v) is 3.95. The first kappa shape index (κ1) is 18.4. The van der Waals surface area contributed by atoms with E-state index in [1.807, 2.05) is 30.3 Å². The first-order chi connectivity index (χ1) is 13.0. The summed E-state index contributed by atoms with van der Waals surface area (Å²) in [6.07, 6.45) is 1.55. The highest BCUT2D eigenvalue weighted by Gasteiger charge is 2.19. The van der Waals surface area contributed by atoms with Gasteiger partial charge in [0.15, 0.2) is 0 Å². The maximum Gasteiger partial charge on any atom is 0.254 e. The molecular weight excluding hydrogens is 347 g/mol. The van der Waals surface area contributed by atoms with Gasteiger partial charge in [0.1, 0.15) is 11.6 Å². The van der Waals surface area contributed by atoms with Crippen molar-refractivity contribution >= 4 is 17.5 Å². The smallest absolute Gasteiger partial charge is 0.254 e. The Hall–Kier alpha value is -3.41. The van der Waals surface area contributed by atoms with Crippen LogP contribution in [0.1, 0.15) is 28.6 Å². The molecule has 0 fully saturated rings. The maximum absolute atomic E-state index is 13.9.